The van der Waals surface area contributed by atoms with E-state index < -0.39 is 5.97 Å². The van der Waals surface area contributed by atoms with Crippen LogP contribution in [0.4, 0.5) is 5.69 Å². The SMILES string of the molecule is COC(=O)c1scc(C)c1NC(=O)C(C)[N+]1(Cc2ccccc2)[CH-]CCCCC1. The molecule has 156 valence electrons. The van der Waals surface area contributed by atoms with Crippen molar-refractivity contribution in [2.75, 3.05) is 19.0 Å². The Morgan fingerprint density at radius 3 is 2.72 bits per heavy atom. The van der Waals surface area contributed by atoms with Gasteiger partial charge in [-0.2, -0.15) is 0 Å². The average Bonchev–Trinajstić information content (AvgIpc) is 2.94. The molecule has 1 aromatic heterocycles. The number of ether oxygens (including phenoxy) is 1. The number of amides is 1. The van der Waals surface area contributed by atoms with Gasteiger partial charge < -0.3 is 14.5 Å². The van der Waals surface area contributed by atoms with Crippen LogP contribution in [0.3, 0.4) is 0 Å². The van der Waals surface area contributed by atoms with Crippen molar-refractivity contribution < 1.29 is 18.8 Å². The lowest BCUT2D eigenvalue weighted by Crippen LogP contribution is -2.56. The summed E-state index contributed by atoms with van der Waals surface area (Å²) in [5, 5.41) is 4.91. The number of nitrogens with zero attached hydrogens (tertiary/aromatic N) is 1. The number of thiophene rings is 1. The van der Waals surface area contributed by atoms with Gasteiger partial charge in [-0.25, -0.2) is 4.79 Å². The van der Waals surface area contributed by atoms with Gasteiger partial charge in [0.15, 0.2) is 0 Å². The molecule has 0 radical (unpaired) electrons. The van der Waals surface area contributed by atoms with Crippen molar-refractivity contribution in [3.05, 3.63) is 58.3 Å². The fourth-order valence-electron chi connectivity index (χ4n) is 4.03. The van der Waals surface area contributed by atoms with E-state index in [1.165, 1.54) is 36.9 Å². The van der Waals surface area contributed by atoms with Gasteiger partial charge in [-0.3, -0.25) is 4.79 Å². The molecule has 2 atom stereocenters. The maximum absolute atomic E-state index is 13.3. The van der Waals surface area contributed by atoms with E-state index in [2.05, 4.69) is 24.0 Å². The lowest BCUT2D eigenvalue weighted by molar-refractivity contribution is -0.926. The monoisotopic (exact) mass is 414 g/mol. The van der Waals surface area contributed by atoms with Crippen molar-refractivity contribution in [2.45, 2.75) is 52.1 Å². The number of rotatable bonds is 6. The molecule has 1 saturated heterocycles. The number of hydrogen-bond acceptors (Lipinski definition) is 4. The third kappa shape index (κ3) is 4.87. The lowest BCUT2D eigenvalue weighted by Gasteiger charge is -2.50. The summed E-state index contributed by atoms with van der Waals surface area (Å²) in [6.07, 6.45) is 4.47. The van der Waals surface area contributed by atoms with Crippen molar-refractivity contribution in [1.82, 2.24) is 0 Å². The minimum absolute atomic E-state index is 0.0641. The van der Waals surface area contributed by atoms with E-state index in [1.54, 1.807) is 0 Å². The van der Waals surface area contributed by atoms with Crippen LogP contribution in [0.25, 0.3) is 0 Å². The molecule has 0 bridgehead atoms. The predicted molar refractivity (Wildman–Crippen MR) is 117 cm³/mol. The van der Waals surface area contributed by atoms with E-state index in [0.29, 0.717) is 15.0 Å². The van der Waals surface area contributed by atoms with Crippen LogP contribution in [-0.2, 0) is 16.1 Å². The van der Waals surface area contributed by atoms with Crippen LogP contribution in [0.2, 0.25) is 0 Å². The third-order valence-corrected chi connectivity index (χ3v) is 6.91. The highest BCUT2D eigenvalue weighted by Crippen LogP contribution is 2.32. The van der Waals surface area contributed by atoms with E-state index in [9.17, 15) is 9.59 Å². The summed E-state index contributed by atoms with van der Waals surface area (Å²) in [5.41, 5.74) is 2.68. The zero-order valence-corrected chi connectivity index (χ0v) is 18.3. The van der Waals surface area contributed by atoms with Crippen LogP contribution >= 0.6 is 11.3 Å². The van der Waals surface area contributed by atoms with Crippen LogP contribution in [0.5, 0.6) is 0 Å². The van der Waals surface area contributed by atoms with Crippen LogP contribution in [0, 0.1) is 13.5 Å². The first kappa shape index (κ1) is 21.5. The number of carbonyl (C=O) groups excluding carboxylic acids is 2. The normalized spacial score (nSPS) is 20.5. The third-order valence-electron chi connectivity index (χ3n) is 5.84. The highest BCUT2D eigenvalue weighted by atomic mass is 32.1. The molecule has 0 aliphatic carbocycles. The minimum Gasteiger partial charge on any atom is -0.465 e. The Bertz CT molecular complexity index is 839. The van der Waals surface area contributed by atoms with Crippen molar-refractivity contribution >= 4 is 28.9 Å². The van der Waals surface area contributed by atoms with E-state index in [0.717, 1.165) is 31.5 Å². The summed E-state index contributed by atoms with van der Waals surface area (Å²) in [6.45, 7) is 7.96. The van der Waals surface area contributed by atoms with E-state index in [1.807, 2.05) is 37.4 Å². The van der Waals surface area contributed by atoms with Gasteiger partial charge in [0.1, 0.15) is 10.9 Å². The number of carbonyl (C=O) groups is 2. The highest BCUT2D eigenvalue weighted by Gasteiger charge is 2.34. The molecule has 1 fully saturated rings. The molecule has 3 rings (SSSR count). The summed E-state index contributed by atoms with van der Waals surface area (Å²) in [6, 6.07) is 10.1. The minimum atomic E-state index is -0.416. The molecule has 2 aromatic rings. The number of anilines is 1. The summed E-state index contributed by atoms with van der Waals surface area (Å²) in [4.78, 5) is 25.9. The second kappa shape index (κ2) is 9.55. The number of aryl methyl sites for hydroxylation is 1. The van der Waals surface area contributed by atoms with Crippen molar-refractivity contribution in [1.29, 1.82) is 0 Å². The number of hydrogen-bond donors (Lipinski definition) is 1. The first-order chi connectivity index (χ1) is 14.0. The van der Waals surface area contributed by atoms with Crippen LogP contribution < -0.4 is 5.32 Å². The lowest BCUT2D eigenvalue weighted by atomic mass is 10.1. The molecular weight excluding hydrogens is 384 g/mol. The maximum Gasteiger partial charge on any atom is 0.350 e. The molecule has 29 heavy (non-hydrogen) atoms. The molecule has 0 spiro atoms. The first-order valence-electron chi connectivity index (χ1n) is 10.2. The van der Waals surface area contributed by atoms with Crippen molar-refractivity contribution in [3.63, 3.8) is 0 Å². The Kier molecular flexibility index (Phi) is 7.09. The quantitative estimate of drug-likeness (QED) is 0.415. The zero-order chi connectivity index (χ0) is 20.9. The second-order valence-electron chi connectivity index (χ2n) is 7.78. The Morgan fingerprint density at radius 1 is 1.24 bits per heavy atom. The van der Waals surface area contributed by atoms with Gasteiger partial charge in [0.2, 0.25) is 0 Å². The smallest absolute Gasteiger partial charge is 0.350 e. The molecule has 1 aliphatic rings. The topological polar surface area (TPSA) is 55.4 Å². The maximum atomic E-state index is 13.3. The molecular formula is C23H30N2O3S. The van der Waals surface area contributed by atoms with Gasteiger partial charge >= 0.3 is 5.97 Å². The molecule has 1 amide bonds. The number of benzene rings is 1. The number of quaternary nitrogens is 1. The Labute approximate surface area is 177 Å². The van der Waals surface area contributed by atoms with Gasteiger partial charge in [-0.15, -0.1) is 24.3 Å². The van der Waals surface area contributed by atoms with Gasteiger partial charge in [-0.05, 0) is 31.2 Å². The first-order valence-corrected chi connectivity index (χ1v) is 11.1. The molecule has 1 aromatic carbocycles. The molecule has 2 unspecified atom stereocenters. The largest absolute Gasteiger partial charge is 0.465 e. The fraction of sp³-hybridized carbons (Fsp3) is 0.435. The predicted octanol–water partition coefficient (Wildman–Crippen LogP) is 4.92. The van der Waals surface area contributed by atoms with Crippen LogP contribution in [-0.4, -0.2) is 36.1 Å². The Balaban J connectivity index is 1.86. The standard InChI is InChI=1S/C23H30N2O3S/c1-17-16-29-21(23(27)28-3)20(17)24-22(26)18(2)25(13-9-4-5-10-14-25)15-19-11-7-6-8-12-19/h6-8,11-13,16,18H,4-5,9-10,14-15H2,1-3H3,(H,24,26). The van der Waals surface area contributed by atoms with E-state index >= 15 is 0 Å². The highest BCUT2D eigenvalue weighted by molar-refractivity contribution is 7.12. The van der Waals surface area contributed by atoms with Gasteiger partial charge in [0, 0.05) is 5.56 Å². The molecule has 6 heteroatoms. The molecule has 1 N–H and O–H groups in total. The zero-order valence-electron chi connectivity index (χ0n) is 17.4. The molecule has 2 heterocycles. The summed E-state index contributed by atoms with van der Waals surface area (Å²) < 4.78 is 5.51. The fourth-order valence-corrected chi connectivity index (χ4v) is 4.95. The molecule has 0 saturated carbocycles. The number of likely N-dealkylation sites (tertiary alicyclic amines) is 1. The van der Waals surface area contributed by atoms with Crippen molar-refractivity contribution in [3.8, 4) is 0 Å². The van der Waals surface area contributed by atoms with Crippen LogP contribution in [0.15, 0.2) is 35.7 Å². The van der Waals surface area contributed by atoms with Gasteiger partial charge in [-0.1, -0.05) is 43.2 Å². The average molecular weight is 415 g/mol. The Hall–Kier alpha value is -2.18. The summed E-state index contributed by atoms with van der Waals surface area (Å²) >= 11 is 1.30. The van der Waals surface area contributed by atoms with Crippen LogP contribution in [0.1, 0.15) is 53.4 Å². The Morgan fingerprint density at radius 2 is 2.00 bits per heavy atom. The van der Waals surface area contributed by atoms with E-state index in [4.69, 9.17) is 4.74 Å². The van der Waals surface area contributed by atoms with Crippen molar-refractivity contribution in [2.24, 2.45) is 0 Å². The van der Waals surface area contributed by atoms with Gasteiger partial charge in [0.05, 0.1) is 25.9 Å². The molecule has 1 aliphatic heterocycles. The molecule has 5 nitrogen and oxygen atoms in total. The van der Waals surface area contributed by atoms with E-state index in [-0.39, 0.29) is 11.9 Å². The second-order valence-corrected chi connectivity index (χ2v) is 8.66. The number of methoxy groups -OCH3 is 1. The summed E-state index contributed by atoms with van der Waals surface area (Å²) in [5.74, 6) is -0.480. The number of nitrogens with one attached hydrogen (secondary N) is 1. The number of esters is 1. The van der Waals surface area contributed by atoms with Gasteiger partial charge in [0.25, 0.3) is 5.91 Å². The summed E-state index contributed by atoms with van der Waals surface area (Å²) in [7, 11) is 1.36.